The first-order valence-corrected chi connectivity index (χ1v) is 10.5. The van der Waals surface area contributed by atoms with Crippen LogP contribution in [0.25, 0.3) is 50.0 Å². The largest absolute Gasteiger partial charge is 0.309 e. The first-order valence-electron chi connectivity index (χ1n) is 10.5. The van der Waals surface area contributed by atoms with E-state index in [4.69, 9.17) is 4.98 Å². The number of nitrogens with zero attached hydrogens (tertiary/aromatic N) is 2. The number of hydrogen-bond acceptors (Lipinski definition) is 1. The Morgan fingerprint density at radius 2 is 0.871 bits per heavy atom. The summed E-state index contributed by atoms with van der Waals surface area (Å²) in [6.45, 7) is 0. The summed E-state index contributed by atoms with van der Waals surface area (Å²) in [5.41, 5.74) is 7.69. The molecule has 0 saturated heterocycles. The van der Waals surface area contributed by atoms with E-state index in [1.54, 1.807) is 0 Å². The molecule has 0 aliphatic heterocycles. The Labute approximate surface area is 181 Å². The Hall–Kier alpha value is -4.17. The lowest BCUT2D eigenvalue weighted by Crippen LogP contribution is -1.98. The van der Waals surface area contributed by atoms with E-state index in [1.807, 2.05) is 12.1 Å². The fourth-order valence-corrected chi connectivity index (χ4v) is 4.36. The number of aromatic nitrogens is 2. The molecule has 2 heterocycles. The molecule has 4 aromatic carbocycles. The first-order chi connectivity index (χ1) is 15.4. The maximum absolute atomic E-state index is 5.03. The van der Waals surface area contributed by atoms with Gasteiger partial charge in [0.25, 0.3) is 0 Å². The number of hydrogen-bond donors (Lipinski definition) is 0. The normalized spacial score (nSPS) is 11.2. The van der Waals surface area contributed by atoms with Crippen molar-refractivity contribution < 1.29 is 0 Å². The van der Waals surface area contributed by atoms with Gasteiger partial charge in [-0.3, -0.25) is 0 Å². The molecule has 0 atom stereocenters. The van der Waals surface area contributed by atoms with E-state index in [0.29, 0.717) is 0 Å². The summed E-state index contributed by atoms with van der Waals surface area (Å²) >= 11 is 0. The Morgan fingerprint density at radius 3 is 1.35 bits per heavy atom. The van der Waals surface area contributed by atoms with E-state index in [9.17, 15) is 0 Å². The summed E-state index contributed by atoms with van der Waals surface area (Å²) in [6, 6.07) is 42.4. The number of rotatable bonds is 3. The highest BCUT2D eigenvalue weighted by atomic mass is 15.0. The van der Waals surface area contributed by atoms with Gasteiger partial charge in [-0.15, -0.1) is 0 Å². The molecule has 0 N–H and O–H groups in total. The van der Waals surface area contributed by atoms with E-state index >= 15 is 0 Å². The van der Waals surface area contributed by atoms with E-state index in [2.05, 4.69) is 114 Å². The van der Waals surface area contributed by atoms with Gasteiger partial charge in [-0.25, -0.2) is 4.98 Å². The Bertz CT molecular complexity index is 1400. The van der Waals surface area contributed by atoms with Crippen LogP contribution in [0.3, 0.4) is 0 Å². The zero-order chi connectivity index (χ0) is 20.6. The third-order valence-electron chi connectivity index (χ3n) is 5.79. The molecule has 0 aliphatic carbocycles. The molecule has 0 bridgehead atoms. The third kappa shape index (κ3) is 3.01. The van der Waals surface area contributed by atoms with Gasteiger partial charge in [0.1, 0.15) is 0 Å². The van der Waals surface area contributed by atoms with Crippen molar-refractivity contribution in [3.63, 3.8) is 0 Å². The molecular weight excluding hydrogens is 376 g/mol. The summed E-state index contributed by atoms with van der Waals surface area (Å²) in [4.78, 5) is 5.03. The number of benzene rings is 4. The van der Waals surface area contributed by atoms with Gasteiger partial charge in [0.05, 0.1) is 28.1 Å². The Kier molecular flexibility index (Phi) is 4.14. The average Bonchev–Trinajstić information content (AvgIpc) is 3.19. The highest BCUT2D eigenvalue weighted by Gasteiger charge is 2.14. The van der Waals surface area contributed by atoms with E-state index in [1.165, 1.54) is 21.8 Å². The maximum atomic E-state index is 5.03. The smallest absolute Gasteiger partial charge is 0.0730 e. The molecule has 146 valence electrons. The van der Waals surface area contributed by atoms with Gasteiger partial charge in [0.15, 0.2) is 0 Å². The standard InChI is InChI=1S/C29H20N2/c1-3-11-21(12-4-1)26-19-23(20-27(30-26)22-13-5-2-6-14-22)31-28-17-9-7-15-24(28)25-16-8-10-18-29(25)31/h1-20H. The maximum Gasteiger partial charge on any atom is 0.0730 e. The van der Waals surface area contributed by atoms with Gasteiger partial charge in [-0.05, 0) is 24.3 Å². The third-order valence-corrected chi connectivity index (χ3v) is 5.79. The summed E-state index contributed by atoms with van der Waals surface area (Å²) in [5, 5.41) is 2.52. The predicted molar refractivity (Wildman–Crippen MR) is 129 cm³/mol. The molecule has 2 aromatic heterocycles. The summed E-state index contributed by atoms with van der Waals surface area (Å²) < 4.78 is 2.35. The minimum absolute atomic E-state index is 0.971. The van der Waals surface area contributed by atoms with Crippen molar-refractivity contribution in [2.45, 2.75) is 0 Å². The lowest BCUT2D eigenvalue weighted by atomic mass is 10.1. The van der Waals surface area contributed by atoms with Crippen molar-refractivity contribution >= 4 is 21.8 Å². The van der Waals surface area contributed by atoms with Crippen LogP contribution >= 0.6 is 0 Å². The highest BCUT2D eigenvalue weighted by molar-refractivity contribution is 6.09. The number of pyridine rings is 1. The summed E-state index contributed by atoms with van der Waals surface area (Å²) in [5.74, 6) is 0. The molecule has 2 heteroatoms. The van der Waals surface area contributed by atoms with E-state index in [0.717, 1.165) is 28.2 Å². The van der Waals surface area contributed by atoms with Crippen LogP contribution in [0.5, 0.6) is 0 Å². The van der Waals surface area contributed by atoms with Crippen molar-refractivity contribution in [2.75, 3.05) is 0 Å². The highest BCUT2D eigenvalue weighted by Crippen LogP contribution is 2.34. The van der Waals surface area contributed by atoms with Gasteiger partial charge in [-0.2, -0.15) is 0 Å². The average molecular weight is 396 g/mol. The van der Waals surface area contributed by atoms with Gasteiger partial charge in [0, 0.05) is 21.9 Å². The van der Waals surface area contributed by atoms with Crippen LogP contribution in [-0.2, 0) is 0 Å². The second-order valence-corrected chi connectivity index (χ2v) is 7.70. The topological polar surface area (TPSA) is 17.8 Å². The first kappa shape index (κ1) is 17.7. The molecular formula is C29H20N2. The molecule has 31 heavy (non-hydrogen) atoms. The zero-order valence-corrected chi connectivity index (χ0v) is 16.9. The second kappa shape index (κ2) is 7.26. The molecule has 0 aliphatic rings. The van der Waals surface area contributed by atoms with Crippen molar-refractivity contribution in [2.24, 2.45) is 0 Å². The van der Waals surface area contributed by atoms with Crippen LogP contribution in [0.4, 0.5) is 0 Å². The molecule has 0 unspecified atom stereocenters. The van der Waals surface area contributed by atoms with Crippen molar-refractivity contribution in [1.82, 2.24) is 9.55 Å². The van der Waals surface area contributed by atoms with E-state index < -0.39 is 0 Å². The lowest BCUT2D eigenvalue weighted by molar-refractivity contribution is 1.16. The molecule has 6 rings (SSSR count). The zero-order valence-electron chi connectivity index (χ0n) is 16.9. The van der Waals surface area contributed by atoms with Crippen molar-refractivity contribution in [1.29, 1.82) is 0 Å². The molecule has 0 spiro atoms. The van der Waals surface area contributed by atoms with Crippen molar-refractivity contribution in [3.05, 3.63) is 121 Å². The van der Waals surface area contributed by atoms with Crippen LogP contribution in [-0.4, -0.2) is 9.55 Å². The molecule has 0 fully saturated rings. The lowest BCUT2D eigenvalue weighted by Gasteiger charge is -2.13. The molecule has 0 radical (unpaired) electrons. The number of fused-ring (bicyclic) bond motifs is 3. The Morgan fingerprint density at radius 1 is 0.452 bits per heavy atom. The van der Waals surface area contributed by atoms with Crippen molar-refractivity contribution in [3.8, 4) is 28.2 Å². The quantitative estimate of drug-likeness (QED) is 0.303. The molecule has 0 amide bonds. The fraction of sp³-hybridized carbons (Fsp3) is 0. The van der Waals surface area contributed by atoms with E-state index in [-0.39, 0.29) is 0 Å². The Balaban J connectivity index is 1.69. The van der Waals surface area contributed by atoms with Gasteiger partial charge >= 0.3 is 0 Å². The molecule has 2 nitrogen and oxygen atoms in total. The van der Waals surface area contributed by atoms with Gasteiger partial charge in [0.2, 0.25) is 0 Å². The molecule has 6 aromatic rings. The summed E-state index contributed by atoms with van der Waals surface area (Å²) in [6.07, 6.45) is 0. The monoisotopic (exact) mass is 396 g/mol. The fourth-order valence-electron chi connectivity index (χ4n) is 4.36. The van der Waals surface area contributed by atoms with Crippen LogP contribution in [0.2, 0.25) is 0 Å². The summed E-state index contributed by atoms with van der Waals surface area (Å²) in [7, 11) is 0. The second-order valence-electron chi connectivity index (χ2n) is 7.70. The number of para-hydroxylation sites is 2. The van der Waals surface area contributed by atoms with Crippen LogP contribution in [0.15, 0.2) is 121 Å². The van der Waals surface area contributed by atoms with Gasteiger partial charge < -0.3 is 4.57 Å². The SMILES string of the molecule is c1ccc(-c2cc(-n3c4ccccc4c4ccccc43)cc(-c3ccccc3)n2)cc1. The van der Waals surface area contributed by atoms with Crippen LogP contribution in [0.1, 0.15) is 0 Å². The minimum Gasteiger partial charge on any atom is -0.309 e. The molecule has 0 saturated carbocycles. The van der Waals surface area contributed by atoms with Crippen LogP contribution in [0, 0.1) is 0 Å². The predicted octanol–water partition coefficient (Wildman–Crippen LogP) is 7.51. The van der Waals surface area contributed by atoms with Gasteiger partial charge in [-0.1, -0.05) is 97.1 Å². The van der Waals surface area contributed by atoms with Crippen LogP contribution < -0.4 is 0 Å². The minimum atomic E-state index is 0.971.